The van der Waals surface area contributed by atoms with Crippen LogP contribution in [0.1, 0.15) is 44.9 Å². The fraction of sp³-hybridized carbons (Fsp3) is 0.433. The minimum absolute atomic E-state index is 0.00407. The summed E-state index contributed by atoms with van der Waals surface area (Å²) in [6.07, 6.45) is 7.67. The molecule has 3 aromatic rings. The van der Waals surface area contributed by atoms with E-state index in [1.54, 1.807) is 29.3 Å². The van der Waals surface area contributed by atoms with E-state index in [0.717, 1.165) is 36.8 Å². The third-order valence-electron chi connectivity index (χ3n) is 8.65. The standard InChI is InChI=1S/C30H35N5O4S/c36-27(32-24-11-3-1-4-12-24)21-33-22-35(25-13-5-2-6-14-25)30(29(33)37)16-19-34(20-17-30)40(38,39)26-15-7-9-23-10-8-18-31-28(23)26/h2,5-10,13-15,18,24H,1,3-4,11-12,16-17,19-22H2,(H,32,36). The van der Waals surface area contributed by atoms with Crippen molar-refractivity contribution in [3.63, 3.8) is 0 Å². The summed E-state index contributed by atoms with van der Waals surface area (Å²) in [4.78, 5) is 35.2. The Hall–Kier alpha value is -3.50. The Balaban J connectivity index is 1.23. The van der Waals surface area contributed by atoms with Crippen LogP contribution in [0.15, 0.2) is 71.8 Å². The Morgan fingerprint density at radius 3 is 2.42 bits per heavy atom. The van der Waals surface area contributed by atoms with Crippen LogP contribution in [-0.2, 0) is 19.6 Å². The zero-order chi connectivity index (χ0) is 27.7. The van der Waals surface area contributed by atoms with Crippen molar-refractivity contribution in [2.45, 2.75) is 61.4 Å². The molecule has 1 aromatic heterocycles. The maximum atomic E-state index is 14.0. The summed E-state index contributed by atoms with van der Waals surface area (Å²) in [5.74, 6) is -0.243. The Morgan fingerprint density at radius 1 is 0.950 bits per heavy atom. The predicted octanol–water partition coefficient (Wildman–Crippen LogP) is 3.51. The normalized spacial score (nSPS) is 20.4. The Morgan fingerprint density at radius 2 is 1.68 bits per heavy atom. The molecule has 9 nitrogen and oxygen atoms in total. The van der Waals surface area contributed by atoms with Gasteiger partial charge in [-0.1, -0.05) is 55.7 Å². The Bertz CT molecular complexity index is 1490. The number of nitrogens with zero attached hydrogens (tertiary/aromatic N) is 4. The van der Waals surface area contributed by atoms with Crippen LogP contribution in [0.25, 0.3) is 10.9 Å². The number of hydrogen-bond acceptors (Lipinski definition) is 6. The second-order valence-electron chi connectivity index (χ2n) is 11.1. The molecule has 0 atom stereocenters. The van der Waals surface area contributed by atoms with Crippen LogP contribution in [0.4, 0.5) is 5.69 Å². The van der Waals surface area contributed by atoms with Crippen LogP contribution in [0, 0.1) is 0 Å². The highest BCUT2D eigenvalue weighted by Gasteiger charge is 2.55. The summed E-state index contributed by atoms with van der Waals surface area (Å²) < 4.78 is 29.0. The molecule has 1 spiro atoms. The number of para-hydroxylation sites is 2. The van der Waals surface area contributed by atoms with Gasteiger partial charge in [0.15, 0.2) is 0 Å². The van der Waals surface area contributed by atoms with Gasteiger partial charge in [0.25, 0.3) is 0 Å². The molecule has 10 heteroatoms. The van der Waals surface area contributed by atoms with Crippen LogP contribution in [0.5, 0.6) is 0 Å². The minimum Gasteiger partial charge on any atom is -0.352 e. The zero-order valence-corrected chi connectivity index (χ0v) is 23.4. The molecule has 40 heavy (non-hydrogen) atoms. The first-order valence-electron chi connectivity index (χ1n) is 14.1. The second-order valence-corrected chi connectivity index (χ2v) is 13.0. The molecule has 1 N–H and O–H groups in total. The highest BCUT2D eigenvalue weighted by molar-refractivity contribution is 7.89. The van der Waals surface area contributed by atoms with Gasteiger partial charge in [-0.15, -0.1) is 0 Å². The SMILES string of the molecule is O=C(CN1CN(c2ccccc2)C2(CCN(S(=O)(=O)c3cccc4cccnc34)CC2)C1=O)NC1CCCCC1. The number of aromatic nitrogens is 1. The fourth-order valence-electron chi connectivity index (χ4n) is 6.54. The lowest BCUT2D eigenvalue weighted by Gasteiger charge is -2.42. The third kappa shape index (κ3) is 4.83. The molecule has 1 aliphatic carbocycles. The smallest absolute Gasteiger partial charge is 0.250 e. The maximum Gasteiger partial charge on any atom is 0.250 e. The molecule has 0 unspecified atom stereocenters. The van der Waals surface area contributed by atoms with Gasteiger partial charge in [0, 0.05) is 36.4 Å². The first kappa shape index (κ1) is 26.7. The molecule has 2 saturated heterocycles. The molecule has 0 radical (unpaired) electrons. The lowest BCUT2D eigenvalue weighted by atomic mass is 9.86. The molecular formula is C30H35N5O4S. The number of piperidine rings is 1. The van der Waals surface area contributed by atoms with Gasteiger partial charge in [-0.3, -0.25) is 14.6 Å². The highest BCUT2D eigenvalue weighted by atomic mass is 32.2. The van der Waals surface area contributed by atoms with E-state index in [-0.39, 0.29) is 42.4 Å². The van der Waals surface area contributed by atoms with Crippen molar-refractivity contribution >= 4 is 38.4 Å². The van der Waals surface area contributed by atoms with Crippen molar-refractivity contribution < 1.29 is 18.0 Å². The summed E-state index contributed by atoms with van der Waals surface area (Å²) in [5, 5.41) is 3.89. The fourth-order valence-corrected chi connectivity index (χ4v) is 8.14. The lowest BCUT2D eigenvalue weighted by molar-refractivity contribution is -0.137. The monoisotopic (exact) mass is 561 g/mol. The predicted molar refractivity (Wildman–Crippen MR) is 153 cm³/mol. The molecule has 1 saturated carbocycles. The largest absolute Gasteiger partial charge is 0.352 e. The number of pyridine rings is 1. The van der Waals surface area contributed by atoms with E-state index in [1.807, 2.05) is 42.5 Å². The maximum absolute atomic E-state index is 14.0. The quantitative estimate of drug-likeness (QED) is 0.494. The van der Waals surface area contributed by atoms with E-state index in [0.29, 0.717) is 25.0 Å². The first-order valence-corrected chi connectivity index (χ1v) is 15.6. The van der Waals surface area contributed by atoms with Gasteiger partial charge in [0.2, 0.25) is 21.8 Å². The average molecular weight is 562 g/mol. The topological polar surface area (TPSA) is 103 Å². The number of nitrogens with one attached hydrogen (secondary N) is 1. The van der Waals surface area contributed by atoms with Crippen LogP contribution in [0.3, 0.4) is 0 Å². The number of carbonyl (C=O) groups is 2. The van der Waals surface area contributed by atoms with Gasteiger partial charge >= 0.3 is 0 Å². The van der Waals surface area contributed by atoms with Crippen molar-refractivity contribution in [3.05, 3.63) is 66.9 Å². The number of amides is 2. The van der Waals surface area contributed by atoms with Gasteiger partial charge in [0.05, 0.1) is 12.2 Å². The summed E-state index contributed by atoms with van der Waals surface area (Å²) in [6, 6.07) is 18.7. The van der Waals surface area contributed by atoms with Gasteiger partial charge in [-0.05, 0) is 49.9 Å². The number of hydrogen-bond donors (Lipinski definition) is 1. The van der Waals surface area contributed by atoms with E-state index in [9.17, 15) is 18.0 Å². The number of anilines is 1. The van der Waals surface area contributed by atoms with Crippen LogP contribution in [-0.4, -0.2) is 72.3 Å². The molecule has 2 aliphatic heterocycles. The van der Waals surface area contributed by atoms with Gasteiger partial charge in [-0.2, -0.15) is 4.31 Å². The number of rotatable bonds is 6. The second kappa shape index (κ2) is 10.8. The first-order chi connectivity index (χ1) is 19.4. The number of benzene rings is 2. The number of carbonyl (C=O) groups excluding carboxylic acids is 2. The highest BCUT2D eigenvalue weighted by Crippen LogP contribution is 2.40. The van der Waals surface area contributed by atoms with E-state index >= 15 is 0 Å². The van der Waals surface area contributed by atoms with Crippen LogP contribution in [0.2, 0.25) is 0 Å². The van der Waals surface area contributed by atoms with Crippen LogP contribution < -0.4 is 10.2 Å². The molecule has 2 amide bonds. The lowest BCUT2D eigenvalue weighted by Crippen LogP contribution is -2.57. The van der Waals surface area contributed by atoms with Gasteiger partial charge in [-0.25, -0.2) is 8.42 Å². The number of sulfonamides is 1. The Kier molecular flexibility index (Phi) is 7.22. The zero-order valence-electron chi connectivity index (χ0n) is 22.5. The molecule has 2 aromatic carbocycles. The van der Waals surface area contributed by atoms with E-state index < -0.39 is 15.6 Å². The molecule has 3 aliphatic rings. The summed E-state index contributed by atoms with van der Waals surface area (Å²) >= 11 is 0. The summed E-state index contributed by atoms with van der Waals surface area (Å²) in [5.41, 5.74) is 0.430. The molecular weight excluding hydrogens is 526 g/mol. The third-order valence-corrected chi connectivity index (χ3v) is 10.6. The van der Waals surface area contributed by atoms with Crippen molar-refractivity contribution in [2.75, 3.05) is 31.2 Å². The molecule has 0 bridgehead atoms. The number of fused-ring (bicyclic) bond motifs is 1. The van der Waals surface area contributed by atoms with E-state index in [2.05, 4.69) is 15.2 Å². The molecule has 3 heterocycles. The molecule has 3 fully saturated rings. The van der Waals surface area contributed by atoms with Crippen molar-refractivity contribution in [1.29, 1.82) is 0 Å². The van der Waals surface area contributed by atoms with E-state index in [4.69, 9.17) is 0 Å². The van der Waals surface area contributed by atoms with Gasteiger partial charge in [0.1, 0.15) is 17.0 Å². The van der Waals surface area contributed by atoms with Gasteiger partial charge < -0.3 is 15.1 Å². The molecule has 210 valence electrons. The average Bonchev–Trinajstić information content (AvgIpc) is 3.24. The van der Waals surface area contributed by atoms with Crippen molar-refractivity contribution in [1.82, 2.24) is 19.5 Å². The van der Waals surface area contributed by atoms with E-state index in [1.165, 1.54) is 10.7 Å². The van der Waals surface area contributed by atoms with Crippen LogP contribution >= 0.6 is 0 Å². The van der Waals surface area contributed by atoms with Crippen molar-refractivity contribution in [3.8, 4) is 0 Å². The Labute approximate surface area is 235 Å². The summed E-state index contributed by atoms with van der Waals surface area (Å²) in [7, 11) is -3.82. The summed E-state index contributed by atoms with van der Waals surface area (Å²) in [6.45, 7) is 0.691. The van der Waals surface area contributed by atoms with Crippen molar-refractivity contribution in [2.24, 2.45) is 0 Å². The molecule has 6 rings (SSSR count). The minimum atomic E-state index is -3.82.